The van der Waals surface area contributed by atoms with Gasteiger partial charge in [0, 0.05) is 25.2 Å². The molecule has 3 aromatic rings. The Labute approximate surface area is 185 Å². The minimum absolute atomic E-state index is 0.135. The third-order valence-corrected chi connectivity index (χ3v) is 5.69. The molecule has 0 radical (unpaired) electrons. The van der Waals surface area contributed by atoms with Crippen LogP contribution in [-0.4, -0.2) is 40.2 Å². The Morgan fingerprint density at radius 2 is 1.42 bits per heavy atom. The van der Waals surface area contributed by atoms with Crippen molar-refractivity contribution in [2.45, 2.75) is 19.3 Å². The number of likely N-dealkylation sites (N-methyl/N-ethyl adjacent to an activating group) is 2. The Morgan fingerprint density at radius 3 is 1.84 bits per heavy atom. The van der Waals surface area contributed by atoms with Gasteiger partial charge in [0.2, 0.25) is 11.8 Å². The molecular weight excluding hydrogens is 414 g/mol. The van der Waals surface area contributed by atoms with Gasteiger partial charge in [-0.3, -0.25) is 14.5 Å². The van der Waals surface area contributed by atoms with Crippen molar-refractivity contribution in [3.63, 3.8) is 0 Å². The monoisotopic (exact) mass is 437 g/mol. The molecule has 1 aliphatic heterocycles. The van der Waals surface area contributed by atoms with Crippen molar-refractivity contribution in [3.05, 3.63) is 72.2 Å². The van der Waals surface area contributed by atoms with Crippen molar-refractivity contribution in [2.75, 3.05) is 18.0 Å². The molecule has 7 nitrogen and oxygen atoms in total. The Morgan fingerprint density at radius 1 is 0.903 bits per heavy atom. The molecule has 0 spiro atoms. The van der Waals surface area contributed by atoms with E-state index in [0.29, 0.717) is 24.9 Å². The molecule has 0 bridgehead atoms. The molecular formula is C23H23N3O4S. The van der Waals surface area contributed by atoms with Crippen molar-refractivity contribution < 1.29 is 18.4 Å². The second-order valence-corrected chi connectivity index (χ2v) is 7.38. The minimum Gasteiger partial charge on any atom is -0.448 e. The van der Waals surface area contributed by atoms with Crippen molar-refractivity contribution >= 4 is 48.0 Å². The second kappa shape index (κ2) is 8.77. The molecule has 4 rings (SSSR count). The van der Waals surface area contributed by atoms with Crippen molar-refractivity contribution in [3.8, 4) is 0 Å². The number of nitrogens with zero attached hydrogens (tertiary/aromatic N) is 3. The van der Waals surface area contributed by atoms with E-state index in [1.807, 2.05) is 55.1 Å². The standard InChI is InChI=1S/C23H23N3O4S/c1-3-24-21(27)18(22(28)25(4-2)23(24)31)15-16-9-11-17(12-10-16)26(19-7-5-13-29-19)20-8-6-14-30-20/h5-15,23,31H,3-4H2,1-2H3. The van der Waals surface area contributed by atoms with Crippen LogP contribution in [0.25, 0.3) is 6.08 Å². The van der Waals surface area contributed by atoms with Gasteiger partial charge in [-0.1, -0.05) is 12.1 Å². The molecule has 8 heteroatoms. The predicted octanol–water partition coefficient (Wildman–Crippen LogP) is 4.65. The van der Waals surface area contributed by atoms with Gasteiger partial charge in [-0.25, -0.2) is 0 Å². The fourth-order valence-corrected chi connectivity index (χ4v) is 4.10. The van der Waals surface area contributed by atoms with Crippen molar-refractivity contribution in [1.29, 1.82) is 0 Å². The molecule has 2 aromatic heterocycles. The van der Waals surface area contributed by atoms with Crippen LogP contribution in [0.4, 0.5) is 17.5 Å². The number of thiol groups is 1. The van der Waals surface area contributed by atoms with Crippen LogP contribution in [0.5, 0.6) is 0 Å². The molecule has 0 aliphatic carbocycles. The topological polar surface area (TPSA) is 70.1 Å². The quantitative estimate of drug-likeness (QED) is 0.345. The summed E-state index contributed by atoms with van der Waals surface area (Å²) in [7, 11) is 0. The normalized spacial score (nSPS) is 16.7. The number of benzene rings is 1. The fourth-order valence-electron chi connectivity index (χ4n) is 3.56. The van der Waals surface area contributed by atoms with Crippen molar-refractivity contribution in [2.24, 2.45) is 0 Å². The summed E-state index contributed by atoms with van der Waals surface area (Å²) in [5.41, 5.74) is 1.14. The van der Waals surface area contributed by atoms with Crippen LogP contribution in [-0.2, 0) is 9.59 Å². The summed E-state index contributed by atoms with van der Waals surface area (Å²) < 4.78 is 11.1. The SMILES string of the molecule is CCN1C(=O)C(=Cc2ccc(N(c3ccco3)c3ccco3)cc2)C(=O)N(CC)C1S. The molecule has 0 unspecified atom stereocenters. The maximum atomic E-state index is 12.9. The zero-order chi connectivity index (χ0) is 22.0. The average molecular weight is 438 g/mol. The molecule has 1 fully saturated rings. The predicted molar refractivity (Wildman–Crippen MR) is 121 cm³/mol. The summed E-state index contributed by atoms with van der Waals surface area (Å²) in [6, 6.07) is 14.7. The van der Waals surface area contributed by atoms with Gasteiger partial charge in [0.25, 0.3) is 11.8 Å². The van der Waals surface area contributed by atoms with Crippen LogP contribution in [0.15, 0.2) is 75.5 Å². The van der Waals surface area contributed by atoms with Crippen LogP contribution in [0, 0.1) is 0 Å². The van der Waals surface area contributed by atoms with E-state index in [1.165, 1.54) is 0 Å². The van der Waals surface area contributed by atoms with E-state index in [2.05, 4.69) is 12.6 Å². The highest BCUT2D eigenvalue weighted by Gasteiger charge is 2.39. The average Bonchev–Trinajstić information content (AvgIpc) is 3.48. The second-order valence-electron chi connectivity index (χ2n) is 6.92. The van der Waals surface area contributed by atoms with E-state index in [1.54, 1.807) is 40.5 Å². The van der Waals surface area contributed by atoms with E-state index in [0.717, 1.165) is 11.3 Å². The number of hydrogen-bond donors (Lipinski definition) is 1. The molecule has 3 heterocycles. The number of carbonyl (C=O) groups is 2. The van der Waals surface area contributed by atoms with Gasteiger partial charge in [-0.2, -0.15) is 0 Å². The molecule has 0 saturated carbocycles. The van der Waals surface area contributed by atoms with Crippen LogP contribution in [0.2, 0.25) is 0 Å². The summed E-state index contributed by atoms with van der Waals surface area (Å²) >= 11 is 4.45. The lowest BCUT2D eigenvalue weighted by atomic mass is 10.1. The number of rotatable bonds is 6. The third-order valence-electron chi connectivity index (χ3n) is 5.14. The molecule has 0 atom stereocenters. The van der Waals surface area contributed by atoms with Crippen LogP contribution >= 0.6 is 12.6 Å². The maximum Gasteiger partial charge on any atom is 0.261 e. The molecule has 1 aromatic carbocycles. The van der Waals surface area contributed by atoms with Gasteiger partial charge in [0.15, 0.2) is 5.50 Å². The lowest BCUT2D eigenvalue weighted by molar-refractivity contribution is -0.145. The van der Waals surface area contributed by atoms with Crippen LogP contribution in [0.3, 0.4) is 0 Å². The smallest absolute Gasteiger partial charge is 0.261 e. The highest BCUT2D eigenvalue weighted by molar-refractivity contribution is 7.80. The van der Waals surface area contributed by atoms with Gasteiger partial charge in [0.1, 0.15) is 5.57 Å². The first kappa shape index (κ1) is 20.9. The zero-order valence-corrected chi connectivity index (χ0v) is 18.2. The first-order valence-corrected chi connectivity index (χ1v) is 10.6. The molecule has 1 aliphatic rings. The number of amides is 2. The summed E-state index contributed by atoms with van der Waals surface area (Å²) in [5, 5.41) is 0. The van der Waals surface area contributed by atoms with E-state index >= 15 is 0 Å². The van der Waals surface area contributed by atoms with Crippen LogP contribution in [0.1, 0.15) is 19.4 Å². The van der Waals surface area contributed by atoms with Crippen molar-refractivity contribution in [1.82, 2.24) is 9.80 Å². The summed E-state index contributed by atoms with van der Waals surface area (Å²) in [6.45, 7) is 4.67. The highest BCUT2D eigenvalue weighted by Crippen LogP contribution is 2.35. The van der Waals surface area contributed by atoms with E-state index < -0.39 is 5.50 Å². The van der Waals surface area contributed by atoms with Crippen LogP contribution < -0.4 is 4.90 Å². The molecule has 31 heavy (non-hydrogen) atoms. The Bertz CT molecular complexity index is 1010. The van der Waals surface area contributed by atoms with E-state index in [9.17, 15) is 9.59 Å². The first-order chi connectivity index (χ1) is 15.0. The summed E-state index contributed by atoms with van der Waals surface area (Å²) in [5.74, 6) is 0.592. The fraction of sp³-hybridized carbons (Fsp3) is 0.217. The lowest BCUT2D eigenvalue weighted by Crippen LogP contribution is -2.57. The van der Waals surface area contributed by atoms with Gasteiger partial charge < -0.3 is 18.6 Å². The largest absolute Gasteiger partial charge is 0.448 e. The highest BCUT2D eigenvalue weighted by atomic mass is 32.1. The van der Waals surface area contributed by atoms with Gasteiger partial charge in [-0.05, 0) is 49.8 Å². The molecule has 160 valence electrons. The molecule has 1 saturated heterocycles. The molecule has 0 N–H and O–H groups in total. The van der Waals surface area contributed by atoms with Gasteiger partial charge >= 0.3 is 0 Å². The lowest BCUT2D eigenvalue weighted by Gasteiger charge is -2.40. The summed E-state index contributed by atoms with van der Waals surface area (Å²) in [6.07, 6.45) is 4.82. The van der Waals surface area contributed by atoms with E-state index in [4.69, 9.17) is 8.83 Å². The molecule has 2 amide bonds. The van der Waals surface area contributed by atoms with Gasteiger partial charge in [0.05, 0.1) is 18.2 Å². The number of anilines is 3. The maximum absolute atomic E-state index is 12.9. The van der Waals surface area contributed by atoms with E-state index in [-0.39, 0.29) is 17.4 Å². The number of carbonyl (C=O) groups excluding carboxylic acids is 2. The van der Waals surface area contributed by atoms with Gasteiger partial charge in [-0.15, -0.1) is 12.6 Å². The Hall–Kier alpha value is -3.39. The third kappa shape index (κ3) is 3.86. The number of furan rings is 2. The zero-order valence-electron chi connectivity index (χ0n) is 17.3. The Kier molecular flexibility index (Phi) is 5.90. The summed E-state index contributed by atoms with van der Waals surface area (Å²) in [4.78, 5) is 30.7. The number of hydrogen-bond acceptors (Lipinski definition) is 6. The Balaban J connectivity index is 1.67. The minimum atomic E-state index is -0.551. The first-order valence-electron chi connectivity index (χ1n) is 10.0.